The van der Waals surface area contributed by atoms with E-state index in [1.54, 1.807) is 30.3 Å². The summed E-state index contributed by atoms with van der Waals surface area (Å²) >= 11 is 12.1. The van der Waals surface area contributed by atoms with Gasteiger partial charge in [0.05, 0.1) is 24.0 Å². The smallest absolute Gasteiger partial charge is 0.379 e. The molecule has 0 N–H and O–H groups in total. The lowest BCUT2D eigenvalue weighted by molar-refractivity contribution is -0.129. The summed E-state index contributed by atoms with van der Waals surface area (Å²) in [5, 5.41) is 0.763. The summed E-state index contributed by atoms with van der Waals surface area (Å²) in [6.45, 7) is 0. The van der Waals surface area contributed by atoms with E-state index in [2.05, 4.69) is 4.99 Å². The predicted molar refractivity (Wildman–Crippen MR) is 114 cm³/mol. The second-order valence-corrected chi connectivity index (χ2v) is 7.08. The summed E-state index contributed by atoms with van der Waals surface area (Å²) in [7, 11) is 1.43. The third-order valence-electron chi connectivity index (χ3n) is 4.20. The van der Waals surface area contributed by atoms with E-state index in [1.807, 2.05) is 0 Å². The number of benzene rings is 2. The van der Waals surface area contributed by atoms with Crippen LogP contribution in [0.2, 0.25) is 10.0 Å². The Hall–Kier alpha value is -3.55. The fraction of sp³-hybridized carbons (Fsp3) is 0.0455. The average Bonchev–Trinajstić information content (AvgIpc) is 3.40. The van der Waals surface area contributed by atoms with Crippen molar-refractivity contribution in [3.05, 3.63) is 87.4 Å². The normalized spacial score (nSPS) is 14.4. The molecule has 156 valence electrons. The van der Waals surface area contributed by atoms with Crippen LogP contribution in [0.1, 0.15) is 21.7 Å². The monoisotopic (exact) mass is 457 g/mol. The SMILES string of the molecule is COc1cc(/C=C2\N=C(c3ccc(Cl)cc3Cl)OC2=O)ccc1OC(=O)c1ccco1. The first kappa shape index (κ1) is 20.7. The highest BCUT2D eigenvalue weighted by atomic mass is 35.5. The van der Waals surface area contributed by atoms with Crippen molar-refractivity contribution < 1.29 is 28.2 Å². The topological polar surface area (TPSA) is 87.3 Å². The van der Waals surface area contributed by atoms with Gasteiger partial charge in [-0.3, -0.25) is 0 Å². The van der Waals surface area contributed by atoms with Crippen LogP contribution in [0.15, 0.2) is 69.9 Å². The molecule has 1 aliphatic rings. The molecule has 0 fully saturated rings. The minimum Gasteiger partial charge on any atom is -0.493 e. The molecule has 31 heavy (non-hydrogen) atoms. The number of hydrogen-bond acceptors (Lipinski definition) is 7. The van der Waals surface area contributed by atoms with E-state index in [4.69, 9.17) is 41.8 Å². The molecule has 7 nitrogen and oxygen atoms in total. The Bertz CT molecular complexity index is 1230. The Morgan fingerprint density at radius 2 is 1.94 bits per heavy atom. The van der Waals surface area contributed by atoms with Crippen LogP contribution in [0.4, 0.5) is 0 Å². The molecule has 1 aliphatic heterocycles. The number of furan rings is 1. The van der Waals surface area contributed by atoms with Crippen molar-refractivity contribution in [3.63, 3.8) is 0 Å². The van der Waals surface area contributed by atoms with Crippen molar-refractivity contribution in [1.82, 2.24) is 0 Å². The summed E-state index contributed by atoms with van der Waals surface area (Å²) < 4.78 is 20.8. The summed E-state index contributed by atoms with van der Waals surface area (Å²) in [6.07, 6.45) is 2.88. The Labute approximate surface area is 186 Å². The number of methoxy groups -OCH3 is 1. The van der Waals surface area contributed by atoms with Gasteiger partial charge in [-0.1, -0.05) is 29.3 Å². The number of cyclic esters (lactones) is 1. The minimum absolute atomic E-state index is 0.0599. The van der Waals surface area contributed by atoms with Crippen LogP contribution in [0.3, 0.4) is 0 Å². The second kappa shape index (κ2) is 8.67. The van der Waals surface area contributed by atoms with Gasteiger partial charge in [-0.15, -0.1) is 0 Å². The molecule has 0 amide bonds. The van der Waals surface area contributed by atoms with Gasteiger partial charge in [-0.2, -0.15) is 0 Å². The Morgan fingerprint density at radius 1 is 1.10 bits per heavy atom. The molecule has 0 spiro atoms. The molecule has 9 heteroatoms. The highest BCUT2D eigenvalue weighted by Gasteiger charge is 2.26. The summed E-state index contributed by atoms with van der Waals surface area (Å²) in [5.41, 5.74) is 1.10. The van der Waals surface area contributed by atoms with E-state index in [0.29, 0.717) is 21.2 Å². The third kappa shape index (κ3) is 4.47. The number of aliphatic imine (C=N–C) groups is 1. The van der Waals surface area contributed by atoms with Crippen molar-refractivity contribution >= 4 is 47.1 Å². The van der Waals surface area contributed by atoms with E-state index in [0.717, 1.165) is 0 Å². The molecule has 0 saturated carbocycles. The van der Waals surface area contributed by atoms with Crippen LogP contribution in [-0.2, 0) is 9.53 Å². The van der Waals surface area contributed by atoms with Crippen LogP contribution in [0.25, 0.3) is 6.08 Å². The molecule has 0 bridgehead atoms. The van der Waals surface area contributed by atoms with E-state index in [9.17, 15) is 9.59 Å². The summed E-state index contributed by atoms with van der Waals surface area (Å²) in [4.78, 5) is 28.6. The first-order valence-electron chi connectivity index (χ1n) is 8.86. The second-order valence-electron chi connectivity index (χ2n) is 6.24. The van der Waals surface area contributed by atoms with E-state index >= 15 is 0 Å². The largest absolute Gasteiger partial charge is 0.493 e. The molecular formula is C22H13Cl2NO6. The van der Waals surface area contributed by atoms with E-state index < -0.39 is 11.9 Å². The van der Waals surface area contributed by atoms with Crippen LogP contribution >= 0.6 is 23.2 Å². The van der Waals surface area contributed by atoms with Gasteiger partial charge in [0.2, 0.25) is 11.7 Å². The van der Waals surface area contributed by atoms with Gasteiger partial charge in [-0.25, -0.2) is 14.6 Å². The Kier molecular flexibility index (Phi) is 5.79. The molecule has 0 radical (unpaired) electrons. The van der Waals surface area contributed by atoms with Crippen LogP contribution in [0, 0.1) is 0 Å². The predicted octanol–water partition coefficient (Wildman–Crippen LogP) is 5.16. The molecule has 3 aromatic rings. The van der Waals surface area contributed by atoms with Crippen molar-refractivity contribution in [2.45, 2.75) is 0 Å². The number of hydrogen-bond donors (Lipinski definition) is 0. The third-order valence-corrected chi connectivity index (χ3v) is 4.75. The van der Waals surface area contributed by atoms with Crippen LogP contribution in [-0.4, -0.2) is 24.9 Å². The van der Waals surface area contributed by atoms with Gasteiger partial charge in [-0.05, 0) is 54.1 Å². The zero-order chi connectivity index (χ0) is 22.0. The summed E-state index contributed by atoms with van der Waals surface area (Å²) in [6, 6.07) is 12.6. The molecule has 0 atom stereocenters. The lowest BCUT2D eigenvalue weighted by atomic mass is 10.1. The quantitative estimate of drug-likeness (QED) is 0.298. The lowest BCUT2D eigenvalue weighted by Crippen LogP contribution is -2.08. The van der Waals surface area contributed by atoms with Crippen molar-refractivity contribution in [2.24, 2.45) is 4.99 Å². The number of carbonyl (C=O) groups is 2. The standard InChI is InChI=1S/C22H13Cl2NO6/c1-28-19-10-12(4-7-17(19)30-22(27)18-3-2-8-29-18)9-16-21(26)31-20(25-16)14-6-5-13(23)11-15(14)24/h2-11H,1H3/b16-9-. The maximum Gasteiger partial charge on any atom is 0.379 e. The Morgan fingerprint density at radius 3 is 2.65 bits per heavy atom. The summed E-state index contributed by atoms with van der Waals surface area (Å²) in [5.74, 6) is -0.683. The van der Waals surface area contributed by atoms with Crippen molar-refractivity contribution in [3.8, 4) is 11.5 Å². The first-order chi connectivity index (χ1) is 14.9. The van der Waals surface area contributed by atoms with Gasteiger partial charge in [0.1, 0.15) is 0 Å². The van der Waals surface area contributed by atoms with Gasteiger partial charge in [0, 0.05) is 5.02 Å². The van der Waals surface area contributed by atoms with Crippen molar-refractivity contribution in [1.29, 1.82) is 0 Å². The molecule has 2 aromatic carbocycles. The Balaban J connectivity index is 1.60. The van der Waals surface area contributed by atoms with Crippen molar-refractivity contribution in [2.75, 3.05) is 7.11 Å². The van der Waals surface area contributed by atoms with E-state index in [1.165, 1.54) is 37.6 Å². The van der Waals surface area contributed by atoms with Crippen LogP contribution in [0.5, 0.6) is 11.5 Å². The number of nitrogens with zero attached hydrogens (tertiary/aromatic N) is 1. The minimum atomic E-state index is -0.664. The molecule has 4 rings (SSSR count). The van der Waals surface area contributed by atoms with E-state index in [-0.39, 0.29) is 28.9 Å². The molecule has 2 heterocycles. The number of rotatable bonds is 5. The molecule has 0 aliphatic carbocycles. The maximum absolute atomic E-state index is 12.3. The molecule has 0 unspecified atom stereocenters. The number of carbonyl (C=O) groups excluding carboxylic acids is 2. The van der Waals surface area contributed by atoms with Crippen LogP contribution < -0.4 is 9.47 Å². The number of esters is 2. The highest BCUT2D eigenvalue weighted by Crippen LogP contribution is 2.31. The fourth-order valence-electron chi connectivity index (χ4n) is 2.75. The average molecular weight is 458 g/mol. The van der Waals surface area contributed by atoms with Gasteiger partial charge in [0.15, 0.2) is 17.2 Å². The number of halogens is 2. The molecule has 0 saturated heterocycles. The number of ether oxygens (including phenoxy) is 3. The maximum atomic E-state index is 12.3. The zero-order valence-electron chi connectivity index (χ0n) is 15.9. The zero-order valence-corrected chi connectivity index (χ0v) is 17.4. The van der Waals surface area contributed by atoms with Gasteiger partial charge < -0.3 is 18.6 Å². The first-order valence-corrected chi connectivity index (χ1v) is 9.62. The fourth-order valence-corrected chi connectivity index (χ4v) is 3.24. The van der Waals surface area contributed by atoms with Gasteiger partial charge in [0.25, 0.3) is 0 Å². The van der Waals surface area contributed by atoms with Gasteiger partial charge >= 0.3 is 11.9 Å². The highest BCUT2D eigenvalue weighted by molar-refractivity contribution is 6.37. The molecular weight excluding hydrogens is 445 g/mol. The molecule has 1 aromatic heterocycles. The lowest BCUT2D eigenvalue weighted by Gasteiger charge is -2.09.